The lowest BCUT2D eigenvalue weighted by molar-refractivity contribution is -0.153. The minimum atomic E-state index is -1.07. The summed E-state index contributed by atoms with van der Waals surface area (Å²) in [5.74, 6) is -0.731. The van der Waals surface area contributed by atoms with Gasteiger partial charge in [0.15, 0.2) is 0 Å². The molecule has 1 saturated heterocycles. The predicted octanol–water partition coefficient (Wildman–Crippen LogP) is 3.61. The van der Waals surface area contributed by atoms with Gasteiger partial charge in [0.2, 0.25) is 11.6 Å². The van der Waals surface area contributed by atoms with Crippen LogP contribution in [0.2, 0.25) is 0 Å². The molecular formula is C20H26N2O3. The predicted molar refractivity (Wildman–Crippen MR) is 97.4 cm³/mol. The van der Waals surface area contributed by atoms with E-state index in [2.05, 4.69) is 6.58 Å². The molecule has 3 rings (SSSR count). The molecule has 1 fully saturated rings. The summed E-state index contributed by atoms with van der Waals surface area (Å²) in [5, 5.41) is 3.44. The Bertz CT molecular complexity index is 766. The zero-order valence-corrected chi connectivity index (χ0v) is 15.8. The van der Waals surface area contributed by atoms with E-state index in [4.69, 9.17) is 4.74 Å². The van der Waals surface area contributed by atoms with E-state index < -0.39 is 11.3 Å². The Morgan fingerprint density at radius 3 is 2.32 bits per heavy atom. The third kappa shape index (κ3) is 2.11. The van der Waals surface area contributed by atoms with Crippen molar-refractivity contribution >= 4 is 23.1 Å². The minimum absolute atomic E-state index is 0.0728. The first-order valence-corrected chi connectivity index (χ1v) is 8.73. The summed E-state index contributed by atoms with van der Waals surface area (Å²) in [6, 6.07) is 7.62. The molecule has 0 aromatic heterocycles. The van der Waals surface area contributed by atoms with Crippen molar-refractivity contribution < 1.29 is 14.3 Å². The van der Waals surface area contributed by atoms with Crippen LogP contribution in [0.1, 0.15) is 47.1 Å². The van der Waals surface area contributed by atoms with E-state index in [9.17, 15) is 9.59 Å². The second kappa shape index (κ2) is 5.43. The van der Waals surface area contributed by atoms with Gasteiger partial charge in [-0.15, -0.1) is 0 Å². The van der Waals surface area contributed by atoms with Gasteiger partial charge in [-0.1, -0.05) is 52.5 Å². The number of rotatable bonds is 2. The Labute approximate surface area is 149 Å². The number of benzene rings is 1. The van der Waals surface area contributed by atoms with Crippen molar-refractivity contribution in [2.24, 2.45) is 11.8 Å². The highest BCUT2D eigenvalue weighted by molar-refractivity contribution is 6.02. The summed E-state index contributed by atoms with van der Waals surface area (Å²) in [7, 11) is 0. The number of anilines is 1. The summed E-state index contributed by atoms with van der Waals surface area (Å²) in [6.07, 6.45) is 0. The topological polar surface area (TPSA) is 49.9 Å². The van der Waals surface area contributed by atoms with Crippen LogP contribution in [-0.2, 0) is 14.3 Å². The number of esters is 1. The highest BCUT2D eigenvalue weighted by atomic mass is 16.6. The largest absolute Gasteiger partial charge is 0.436 e. The second-order valence-corrected chi connectivity index (χ2v) is 7.91. The third-order valence-electron chi connectivity index (χ3n) is 5.17. The minimum Gasteiger partial charge on any atom is -0.436 e. The number of hydrazine groups is 1. The fourth-order valence-corrected chi connectivity index (χ4v) is 3.79. The number of nitrogens with zero attached hydrogens (tertiary/aromatic N) is 2. The molecule has 0 radical (unpaired) electrons. The lowest BCUT2D eigenvalue weighted by Gasteiger charge is -2.53. The Morgan fingerprint density at radius 1 is 1.16 bits per heavy atom. The van der Waals surface area contributed by atoms with Crippen LogP contribution >= 0.6 is 0 Å². The molecule has 0 aliphatic carbocycles. The van der Waals surface area contributed by atoms with E-state index >= 15 is 0 Å². The molecule has 1 aromatic rings. The fraction of sp³-hybridized carbons (Fsp3) is 0.500. The summed E-state index contributed by atoms with van der Waals surface area (Å²) in [5.41, 5.74) is 0.246. The summed E-state index contributed by atoms with van der Waals surface area (Å²) in [4.78, 5) is 25.9. The lowest BCUT2D eigenvalue weighted by atomic mass is 9.83. The Morgan fingerprint density at radius 2 is 1.76 bits per heavy atom. The van der Waals surface area contributed by atoms with Gasteiger partial charge >= 0.3 is 5.97 Å². The van der Waals surface area contributed by atoms with Gasteiger partial charge in [0.1, 0.15) is 5.54 Å². The summed E-state index contributed by atoms with van der Waals surface area (Å²) < 4.78 is 5.95. The lowest BCUT2D eigenvalue weighted by Crippen LogP contribution is -2.67. The van der Waals surface area contributed by atoms with Crippen LogP contribution in [-0.4, -0.2) is 28.1 Å². The molecule has 5 heteroatoms. The molecule has 1 unspecified atom stereocenters. The molecule has 1 atom stereocenters. The molecule has 1 amide bonds. The van der Waals surface area contributed by atoms with E-state index in [1.807, 2.05) is 52.0 Å². The van der Waals surface area contributed by atoms with E-state index in [1.165, 1.54) is 0 Å². The molecule has 2 aliphatic heterocycles. The van der Waals surface area contributed by atoms with Crippen LogP contribution in [0.25, 0.3) is 5.57 Å². The highest BCUT2D eigenvalue weighted by Crippen LogP contribution is 2.54. The maximum Gasteiger partial charge on any atom is 0.330 e. The SMILES string of the molecule is C=C1c2ccccc2N(C(=O)C(C)C)N2C(C)(C)C(=O)OC12C(C)C. The number of hydrogen-bond acceptors (Lipinski definition) is 4. The number of carbonyl (C=O) groups is 2. The Kier molecular flexibility index (Phi) is 3.84. The van der Waals surface area contributed by atoms with Crippen molar-refractivity contribution in [3.63, 3.8) is 0 Å². The first kappa shape index (κ1) is 17.7. The highest BCUT2D eigenvalue weighted by Gasteiger charge is 2.66. The van der Waals surface area contributed by atoms with Crippen LogP contribution in [0.5, 0.6) is 0 Å². The van der Waals surface area contributed by atoms with E-state index in [1.54, 1.807) is 23.9 Å². The average Bonchev–Trinajstić information content (AvgIpc) is 2.76. The van der Waals surface area contributed by atoms with Gasteiger partial charge in [0, 0.05) is 23.0 Å². The Hall–Kier alpha value is -2.14. The molecule has 0 saturated carbocycles. The van der Waals surface area contributed by atoms with Crippen molar-refractivity contribution in [3.8, 4) is 0 Å². The first-order valence-electron chi connectivity index (χ1n) is 8.73. The molecule has 5 nitrogen and oxygen atoms in total. The van der Waals surface area contributed by atoms with Gasteiger partial charge < -0.3 is 4.74 Å². The van der Waals surface area contributed by atoms with Gasteiger partial charge in [-0.3, -0.25) is 4.79 Å². The van der Waals surface area contributed by atoms with Gasteiger partial charge in [-0.25, -0.2) is 9.80 Å². The number of carbonyl (C=O) groups excluding carboxylic acids is 2. The smallest absolute Gasteiger partial charge is 0.330 e. The van der Waals surface area contributed by atoms with Crippen molar-refractivity contribution in [1.82, 2.24) is 5.01 Å². The quantitative estimate of drug-likeness (QED) is 0.771. The number of amides is 1. The summed E-state index contributed by atoms with van der Waals surface area (Å²) in [6.45, 7) is 15.5. The molecule has 0 bridgehead atoms. The molecule has 1 aromatic carbocycles. The fourth-order valence-electron chi connectivity index (χ4n) is 3.79. The average molecular weight is 342 g/mol. The normalized spacial score (nSPS) is 25.2. The molecule has 0 spiro atoms. The molecule has 25 heavy (non-hydrogen) atoms. The van der Waals surface area contributed by atoms with Crippen LogP contribution in [0.3, 0.4) is 0 Å². The molecule has 2 aliphatic rings. The monoisotopic (exact) mass is 342 g/mol. The van der Waals surface area contributed by atoms with Gasteiger partial charge in [0.25, 0.3) is 0 Å². The van der Waals surface area contributed by atoms with Gasteiger partial charge in [-0.2, -0.15) is 5.01 Å². The second-order valence-electron chi connectivity index (χ2n) is 7.91. The van der Waals surface area contributed by atoms with Gasteiger partial charge in [0.05, 0.1) is 5.69 Å². The molecule has 134 valence electrons. The van der Waals surface area contributed by atoms with E-state index in [0.717, 1.165) is 11.3 Å². The maximum atomic E-state index is 13.2. The van der Waals surface area contributed by atoms with Crippen molar-refractivity contribution in [2.75, 3.05) is 5.01 Å². The molecule has 0 N–H and O–H groups in total. The molecule has 2 heterocycles. The number of fused-ring (bicyclic) bond motifs is 2. The van der Waals surface area contributed by atoms with Crippen molar-refractivity contribution in [1.29, 1.82) is 0 Å². The van der Waals surface area contributed by atoms with Gasteiger partial charge in [-0.05, 0) is 19.9 Å². The summed E-state index contributed by atoms with van der Waals surface area (Å²) >= 11 is 0. The van der Waals surface area contributed by atoms with Crippen LogP contribution in [0, 0.1) is 11.8 Å². The zero-order valence-electron chi connectivity index (χ0n) is 15.8. The van der Waals surface area contributed by atoms with E-state index in [0.29, 0.717) is 5.57 Å². The van der Waals surface area contributed by atoms with Crippen LogP contribution < -0.4 is 5.01 Å². The van der Waals surface area contributed by atoms with Crippen LogP contribution in [0.15, 0.2) is 30.8 Å². The van der Waals surface area contributed by atoms with Crippen molar-refractivity contribution in [2.45, 2.75) is 52.8 Å². The van der Waals surface area contributed by atoms with Crippen molar-refractivity contribution in [3.05, 3.63) is 36.4 Å². The van der Waals surface area contributed by atoms with Crippen LogP contribution in [0.4, 0.5) is 5.69 Å². The molecular weight excluding hydrogens is 316 g/mol. The first-order chi connectivity index (χ1) is 11.6. The number of para-hydroxylation sites is 1. The Balaban J connectivity index is 2.37. The number of ether oxygens (including phenoxy) is 1. The zero-order chi connectivity index (χ0) is 18.7. The number of hydrogen-bond donors (Lipinski definition) is 0. The maximum absolute atomic E-state index is 13.2. The standard InChI is InChI=1S/C20H26N2O3/c1-12(2)17(23)21-16-11-9-8-10-15(16)14(5)20(13(3)4)22(21)19(6,7)18(24)25-20/h8-13H,5H2,1-4,6-7H3. The third-order valence-corrected chi connectivity index (χ3v) is 5.17. The van der Waals surface area contributed by atoms with E-state index in [-0.39, 0.29) is 23.7 Å².